The number of benzene rings is 1. The molecule has 0 saturated carbocycles. The van der Waals surface area contributed by atoms with Crippen molar-refractivity contribution in [2.75, 3.05) is 6.26 Å². The Morgan fingerprint density at radius 2 is 1.82 bits per heavy atom. The van der Waals surface area contributed by atoms with Crippen molar-refractivity contribution < 1.29 is 31.2 Å². The standard InChI is InChI=1S/C11H8ClF3N2O4S/c1-22(20,21)8-5(7-9(18)17-10(19)16-7)2-4(12)3-6(8)11(13,14)15/h2-3,7H,1H3,(H2,16,17,18,19). The second-order valence-electron chi connectivity index (χ2n) is 4.54. The van der Waals surface area contributed by atoms with Crippen molar-refractivity contribution in [1.29, 1.82) is 0 Å². The SMILES string of the molecule is CS(=O)(=O)c1c(C2NC(=O)NC2=O)cc(Cl)cc1C(F)(F)F. The number of carbonyl (C=O) groups is 2. The van der Waals surface area contributed by atoms with Crippen LogP contribution in [-0.2, 0) is 20.8 Å². The number of amides is 3. The van der Waals surface area contributed by atoms with Crippen molar-refractivity contribution >= 4 is 33.4 Å². The molecule has 2 rings (SSSR count). The number of alkyl halides is 3. The molecule has 1 aliphatic rings. The van der Waals surface area contributed by atoms with Gasteiger partial charge < -0.3 is 5.32 Å². The maximum atomic E-state index is 13.1. The highest BCUT2D eigenvalue weighted by atomic mass is 35.5. The minimum atomic E-state index is -5.00. The largest absolute Gasteiger partial charge is 0.417 e. The molecule has 0 aromatic heterocycles. The van der Waals surface area contributed by atoms with Gasteiger partial charge >= 0.3 is 12.2 Å². The second kappa shape index (κ2) is 5.13. The molecular weight excluding hydrogens is 349 g/mol. The molecule has 1 aromatic carbocycles. The Labute approximate surface area is 127 Å². The van der Waals surface area contributed by atoms with Gasteiger partial charge in [-0.25, -0.2) is 13.2 Å². The van der Waals surface area contributed by atoms with Crippen molar-refractivity contribution in [3.8, 4) is 0 Å². The summed E-state index contributed by atoms with van der Waals surface area (Å²) in [5, 5.41) is 3.45. The molecule has 1 atom stereocenters. The number of rotatable bonds is 2. The minimum absolute atomic E-state index is 0.413. The maximum absolute atomic E-state index is 13.1. The molecule has 1 unspecified atom stereocenters. The van der Waals surface area contributed by atoms with Crippen LogP contribution in [0.5, 0.6) is 0 Å². The lowest BCUT2D eigenvalue weighted by Crippen LogP contribution is -2.24. The third-order valence-electron chi connectivity index (χ3n) is 2.84. The first-order valence-corrected chi connectivity index (χ1v) is 7.90. The first-order chi connectivity index (χ1) is 9.91. The molecule has 1 saturated heterocycles. The molecule has 11 heteroatoms. The summed E-state index contributed by atoms with van der Waals surface area (Å²) in [5.41, 5.74) is -2.03. The van der Waals surface area contributed by atoms with Gasteiger partial charge in [0.2, 0.25) is 0 Å². The summed E-state index contributed by atoms with van der Waals surface area (Å²) in [4.78, 5) is 21.6. The topological polar surface area (TPSA) is 92.3 Å². The molecule has 0 bridgehead atoms. The summed E-state index contributed by atoms with van der Waals surface area (Å²) < 4.78 is 62.8. The van der Waals surface area contributed by atoms with E-state index in [9.17, 15) is 31.2 Å². The zero-order valence-corrected chi connectivity index (χ0v) is 12.4. The molecule has 1 heterocycles. The van der Waals surface area contributed by atoms with E-state index in [4.69, 9.17) is 11.6 Å². The van der Waals surface area contributed by atoms with Gasteiger partial charge in [-0.3, -0.25) is 10.1 Å². The van der Waals surface area contributed by atoms with E-state index in [1.807, 2.05) is 10.6 Å². The highest BCUT2D eigenvalue weighted by Gasteiger charge is 2.42. The van der Waals surface area contributed by atoms with Gasteiger partial charge in [-0.1, -0.05) is 11.6 Å². The van der Waals surface area contributed by atoms with Crippen LogP contribution in [0.1, 0.15) is 17.2 Å². The Morgan fingerprint density at radius 3 is 2.23 bits per heavy atom. The van der Waals surface area contributed by atoms with Gasteiger partial charge in [-0.2, -0.15) is 13.2 Å². The lowest BCUT2D eigenvalue weighted by Gasteiger charge is -2.18. The second-order valence-corrected chi connectivity index (χ2v) is 6.93. The van der Waals surface area contributed by atoms with E-state index < -0.39 is 55.0 Å². The number of sulfone groups is 1. The normalized spacial score (nSPS) is 19.0. The smallest absolute Gasteiger partial charge is 0.322 e. The third kappa shape index (κ3) is 3.02. The quantitative estimate of drug-likeness (QED) is 0.788. The van der Waals surface area contributed by atoms with Crippen molar-refractivity contribution in [3.05, 3.63) is 28.3 Å². The Kier molecular flexibility index (Phi) is 3.86. The number of hydrogen-bond donors (Lipinski definition) is 2. The summed E-state index contributed by atoms with van der Waals surface area (Å²) in [6.07, 6.45) is -4.43. The maximum Gasteiger partial charge on any atom is 0.417 e. The molecule has 1 aromatic rings. The summed E-state index contributed by atoms with van der Waals surface area (Å²) in [6.45, 7) is 0. The van der Waals surface area contributed by atoms with Gasteiger partial charge in [0.25, 0.3) is 5.91 Å². The molecule has 0 spiro atoms. The van der Waals surface area contributed by atoms with Gasteiger partial charge in [0.05, 0.1) is 10.5 Å². The predicted molar refractivity (Wildman–Crippen MR) is 69.0 cm³/mol. The average molecular weight is 357 g/mol. The number of urea groups is 1. The van der Waals surface area contributed by atoms with Gasteiger partial charge in [-0.05, 0) is 12.1 Å². The summed E-state index contributed by atoms with van der Waals surface area (Å²) >= 11 is 5.60. The number of halogens is 4. The van der Waals surface area contributed by atoms with E-state index in [0.717, 1.165) is 6.07 Å². The average Bonchev–Trinajstić information content (AvgIpc) is 2.64. The lowest BCUT2D eigenvalue weighted by atomic mass is 10.0. The predicted octanol–water partition coefficient (Wildman–Crippen LogP) is 1.64. The van der Waals surface area contributed by atoms with E-state index in [1.165, 1.54) is 0 Å². The molecule has 1 fully saturated rings. The fourth-order valence-electron chi connectivity index (χ4n) is 2.09. The number of imide groups is 1. The lowest BCUT2D eigenvalue weighted by molar-refractivity contribution is -0.140. The Balaban J connectivity index is 2.82. The number of carbonyl (C=O) groups excluding carboxylic acids is 2. The molecule has 22 heavy (non-hydrogen) atoms. The van der Waals surface area contributed by atoms with Crippen LogP contribution in [0.3, 0.4) is 0 Å². The van der Waals surface area contributed by atoms with Gasteiger partial charge in [0.1, 0.15) is 6.04 Å². The molecule has 0 aliphatic carbocycles. The van der Waals surface area contributed by atoms with Gasteiger partial charge in [-0.15, -0.1) is 0 Å². The first-order valence-electron chi connectivity index (χ1n) is 5.63. The van der Waals surface area contributed by atoms with Crippen LogP contribution in [-0.4, -0.2) is 26.6 Å². The monoisotopic (exact) mass is 356 g/mol. The van der Waals surface area contributed by atoms with Gasteiger partial charge in [0, 0.05) is 16.8 Å². The molecule has 1 aliphatic heterocycles. The highest BCUT2D eigenvalue weighted by molar-refractivity contribution is 7.90. The van der Waals surface area contributed by atoms with Crippen LogP contribution < -0.4 is 10.6 Å². The van der Waals surface area contributed by atoms with E-state index in [0.29, 0.717) is 12.3 Å². The number of hydrogen-bond acceptors (Lipinski definition) is 4. The first kappa shape index (κ1) is 16.6. The zero-order valence-electron chi connectivity index (χ0n) is 10.8. The van der Waals surface area contributed by atoms with Crippen molar-refractivity contribution in [3.63, 3.8) is 0 Å². The van der Waals surface area contributed by atoms with Crippen LogP contribution in [0.25, 0.3) is 0 Å². The number of nitrogens with one attached hydrogen (secondary N) is 2. The van der Waals surface area contributed by atoms with E-state index in [2.05, 4.69) is 0 Å². The van der Waals surface area contributed by atoms with E-state index >= 15 is 0 Å². The van der Waals surface area contributed by atoms with Gasteiger partial charge in [0.15, 0.2) is 9.84 Å². The summed E-state index contributed by atoms with van der Waals surface area (Å²) in [7, 11) is -4.35. The summed E-state index contributed by atoms with van der Waals surface area (Å²) in [5.74, 6) is -0.967. The summed E-state index contributed by atoms with van der Waals surface area (Å²) in [6, 6.07) is -1.15. The Bertz CT molecular complexity index is 776. The molecule has 0 radical (unpaired) electrons. The Hall–Kier alpha value is -1.81. The molecular formula is C11H8ClF3N2O4S. The van der Waals surface area contributed by atoms with Crippen LogP contribution in [0.15, 0.2) is 17.0 Å². The Morgan fingerprint density at radius 1 is 1.23 bits per heavy atom. The van der Waals surface area contributed by atoms with E-state index in [-0.39, 0.29) is 0 Å². The molecule has 2 N–H and O–H groups in total. The van der Waals surface area contributed by atoms with E-state index in [1.54, 1.807) is 0 Å². The molecule has 3 amide bonds. The molecule has 6 nitrogen and oxygen atoms in total. The fraction of sp³-hybridized carbons (Fsp3) is 0.273. The third-order valence-corrected chi connectivity index (χ3v) is 4.26. The fourth-order valence-corrected chi connectivity index (χ4v) is 3.49. The highest BCUT2D eigenvalue weighted by Crippen LogP contribution is 2.40. The van der Waals surface area contributed by atoms with Crippen LogP contribution in [0.4, 0.5) is 18.0 Å². The van der Waals surface area contributed by atoms with Crippen molar-refractivity contribution in [2.45, 2.75) is 17.1 Å². The van der Waals surface area contributed by atoms with Crippen molar-refractivity contribution in [2.24, 2.45) is 0 Å². The van der Waals surface area contributed by atoms with Crippen LogP contribution >= 0.6 is 11.6 Å². The van der Waals surface area contributed by atoms with Crippen LogP contribution in [0, 0.1) is 0 Å². The van der Waals surface area contributed by atoms with Crippen LogP contribution in [0.2, 0.25) is 5.02 Å². The zero-order chi connectivity index (χ0) is 16.9. The molecule has 120 valence electrons. The van der Waals surface area contributed by atoms with Crippen molar-refractivity contribution in [1.82, 2.24) is 10.6 Å². The minimum Gasteiger partial charge on any atom is -0.322 e.